The Bertz CT molecular complexity index is 705. The molecular weight excluding hydrogens is 322 g/mol. The van der Waals surface area contributed by atoms with Crippen molar-refractivity contribution in [2.75, 3.05) is 23.3 Å². The van der Waals surface area contributed by atoms with Crippen LogP contribution in [-0.2, 0) is 6.42 Å². The van der Waals surface area contributed by atoms with Gasteiger partial charge < -0.3 is 10.2 Å². The van der Waals surface area contributed by atoms with Gasteiger partial charge in [-0.05, 0) is 42.9 Å². The predicted octanol–water partition coefficient (Wildman–Crippen LogP) is 3.23. The molecule has 122 valence electrons. The van der Waals surface area contributed by atoms with Crippen LogP contribution in [0.25, 0.3) is 0 Å². The van der Waals surface area contributed by atoms with Crippen molar-refractivity contribution in [3.05, 3.63) is 34.3 Å². The van der Waals surface area contributed by atoms with Gasteiger partial charge in [-0.2, -0.15) is 0 Å². The first-order valence-electron chi connectivity index (χ1n) is 7.46. The molecule has 1 fully saturated rings. The third-order valence-electron chi connectivity index (χ3n) is 3.79. The molecule has 1 aromatic heterocycles. The fraction of sp³-hybridized carbons (Fsp3) is 0.400. The summed E-state index contributed by atoms with van der Waals surface area (Å²) in [5.41, 5.74) is 0.639. The van der Waals surface area contributed by atoms with Gasteiger partial charge in [0.25, 0.3) is 5.91 Å². The second-order valence-electron chi connectivity index (χ2n) is 5.34. The average Bonchev–Trinajstić information content (AvgIpc) is 3.17. The van der Waals surface area contributed by atoms with Crippen LogP contribution >= 0.6 is 11.5 Å². The molecule has 8 heteroatoms. The summed E-state index contributed by atoms with van der Waals surface area (Å²) in [6.45, 7) is 3.15. The van der Waals surface area contributed by atoms with E-state index in [1.165, 1.54) is 0 Å². The first-order valence-corrected chi connectivity index (χ1v) is 8.24. The summed E-state index contributed by atoms with van der Waals surface area (Å²) >= 11 is 0.965. The maximum absolute atomic E-state index is 14.2. The van der Waals surface area contributed by atoms with E-state index < -0.39 is 17.5 Å². The molecule has 2 aromatic rings. The minimum absolute atomic E-state index is 0.0193. The van der Waals surface area contributed by atoms with E-state index >= 15 is 0 Å². The number of nitrogens with one attached hydrogen (secondary N) is 1. The summed E-state index contributed by atoms with van der Waals surface area (Å²) < 4.78 is 32.2. The molecular formula is C15H16F2N4OS. The zero-order valence-electron chi connectivity index (χ0n) is 12.6. The largest absolute Gasteiger partial charge is 0.367 e. The van der Waals surface area contributed by atoms with E-state index in [1.54, 1.807) is 4.90 Å². The van der Waals surface area contributed by atoms with Gasteiger partial charge in [0.15, 0.2) is 11.6 Å². The second kappa shape index (κ2) is 6.57. The Kier molecular flexibility index (Phi) is 4.51. The van der Waals surface area contributed by atoms with Gasteiger partial charge in [-0.3, -0.25) is 4.79 Å². The Balaban J connectivity index is 1.82. The molecule has 1 aromatic carbocycles. The number of nitrogens with zero attached hydrogens (tertiary/aromatic N) is 3. The summed E-state index contributed by atoms with van der Waals surface area (Å²) in [6.07, 6.45) is 2.42. The zero-order chi connectivity index (χ0) is 16.4. The second-order valence-corrected chi connectivity index (χ2v) is 6.09. The fourth-order valence-corrected chi connectivity index (χ4v) is 3.33. The molecule has 3 rings (SSSR count). The van der Waals surface area contributed by atoms with Crippen LogP contribution in [0.3, 0.4) is 0 Å². The Hall–Kier alpha value is -2.09. The van der Waals surface area contributed by atoms with Crippen LogP contribution in [0, 0.1) is 11.6 Å². The van der Waals surface area contributed by atoms with Crippen LogP contribution in [0.5, 0.6) is 0 Å². The van der Waals surface area contributed by atoms with Gasteiger partial charge in [0.2, 0.25) is 0 Å². The van der Waals surface area contributed by atoms with E-state index in [2.05, 4.69) is 14.9 Å². The number of benzene rings is 1. The molecule has 0 aliphatic carbocycles. The minimum atomic E-state index is -0.666. The Morgan fingerprint density at radius 1 is 1.30 bits per heavy atom. The van der Waals surface area contributed by atoms with Crippen molar-refractivity contribution >= 4 is 28.8 Å². The minimum Gasteiger partial charge on any atom is -0.367 e. The Morgan fingerprint density at radius 2 is 1.96 bits per heavy atom. The number of amides is 1. The quantitative estimate of drug-likeness (QED) is 0.930. The number of hydrogen-bond donors (Lipinski definition) is 1. The van der Waals surface area contributed by atoms with Crippen molar-refractivity contribution in [3.63, 3.8) is 0 Å². The molecule has 1 saturated heterocycles. The van der Waals surface area contributed by atoms with Crippen LogP contribution in [0.15, 0.2) is 12.1 Å². The average molecular weight is 338 g/mol. The summed E-state index contributed by atoms with van der Waals surface area (Å²) in [5.74, 6) is -1.79. The third-order valence-corrected chi connectivity index (χ3v) is 4.56. The maximum atomic E-state index is 14.2. The molecule has 0 atom stereocenters. The number of aromatic nitrogens is 2. The van der Waals surface area contributed by atoms with Crippen LogP contribution in [-0.4, -0.2) is 28.6 Å². The van der Waals surface area contributed by atoms with Gasteiger partial charge >= 0.3 is 0 Å². The van der Waals surface area contributed by atoms with Gasteiger partial charge in [-0.1, -0.05) is 11.4 Å². The lowest BCUT2D eigenvalue weighted by Gasteiger charge is -2.19. The van der Waals surface area contributed by atoms with Crippen molar-refractivity contribution in [1.29, 1.82) is 0 Å². The normalized spacial score (nSPS) is 14.3. The molecule has 0 spiro atoms. The number of hydrogen-bond acceptors (Lipinski definition) is 5. The smallest absolute Gasteiger partial charge is 0.269 e. The van der Waals surface area contributed by atoms with Crippen molar-refractivity contribution < 1.29 is 13.6 Å². The number of rotatable bonds is 4. The van der Waals surface area contributed by atoms with Gasteiger partial charge in [-0.15, -0.1) is 5.10 Å². The molecule has 1 aliphatic heterocycles. The lowest BCUT2D eigenvalue weighted by molar-refractivity contribution is 0.102. The van der Waals surface area contributed by atoms with Crippen LogP contribution < -0.4 is 10.2 Å². The van der Waals surface area contributed by atoms with Gasteiger partial charge in [0.1, 0.15) is 10.6 Å². The molecule has 2 heterocycles. The highest BCUT2D eigenvalue weighted by molar-refractivity contribution is 7.08. The summed E-state index contributed by atoms with van der Waals surface area (Å²) in [7, 11) is 0. The molecule has 23 heavy (non-hydrogen) atoms. The van der Waals surface area contributed by atoms with Gasteiger partial charge in [0, 0.05) is 18.8 Å². The molecule has 0 saturated carbocycles. The maximum Gasteiger partial charge on any atom is 0.269 e. The molecule has 1 amide bonds. The topological polar surface area (TPSA) is 58.1 Å². The van der Waals surface area contributed by atoms with Crippen molar-refractivity contribution in [1.82, 2.24) is 9.59 Å². The number of aryl methyl sites for hydroxylation is 1. The highest BCUT2D eigenvalue weighted by Gasteiger charge is 2.22. The SMILES string of the molecule is CCc1nnsc1C(=O)Nc1cc(F)c(N2CCCC2)c(F)c1. The molecule has 1 N–H and O–H groups in total. The van der Waals surface area contributed by atoms with Crippen LogP contribution in [0.2, 0.25) is 0 Å². The van der Waals surface area contributed by atoms with Gasteiger partial charge in [-0.25, -0.2) is 8.78 Å². The highest BCUT2D eigenvalue weighted by Crippen LogP contribution is 2.30. The first kappa shape index (κ1) is 15.8. The van der Waals surface area contributed by atoms with Gasteiger partial charge in [0.05, 0.1) is 5.69 Å². The van der Waals surface area contributed by atoms with E-state index in [4.69, 9.17) is 0 Å². The number of carbonyl (C=O) groups excluding carboxylic acids is 1. The van der Waals surface area contributed by atoms with E-state index in [-0.39, 0.29) is 11.4 Å². The number of halogens is 2. The lowest BCUT2D eigenvalue weighted by atomic mass is 10.2. The lowest BCUT2D eigenvalue weighted by Crippen LogP contribution is -2.21. The Labute approximate surface area is 136 Å². The number of carbonyl (C=O) groups is 1. The van der Waals surface area contributed by atoms with E-state index in [1.807, 2.05) is 6.92 Å². The van der Waals surface area contributed by atoms with Crippen molar-refractivity contribution in [2.45, 2.75) is 26.2 Å². The standard InChI is InChI=1S/C15H16F2N4OS/c1-2-12-14(23-20-19-12)15(22)18-9-7-10(16)13(11(17)8-9)21-5-3-4-6-21/h7-8H,2-6H2,1H3,(H,18,22). The van der Waals surface area contributed by atoms with Crippen LogP contribution in [0.4, 0.5) is 20.2 Å². The fourth-order valence-electron chi connectivity index (χ4n) is 2.68. The first-order chi connectivity index (χ1) is 11.1. The molecule has 1 aliphatic rings. The van der Waals surface area contributed by atoms with E-state index in [0.29, 0.717) is 30.1 Å². The summed E-state index contributed by atoms with van der Waals surface area (Å²) in [5, 5.41) is 6.36. The number of anilines is 2. The van der Waals surface area contributed by atoms with Crippen molar-refractivity contribution in [2.24, 2.45) is 0 Å². The summed E-state index contributed by atoms with van der Waals surface area (Å²) in [4.78, 5) is 14.2. The zero-order valence-corrected chi connectivity index (χ0v) is 13.4. The summed E-state index contributed by atoms with van der Waals surface area (Å²) in [6, 6.07) is 2.30. The van der Waals surface area contributed by atoms with E-state index in [9.17, 15) is 13.6 Å². The predicted molar refractivity (Wildman–Crippen MR) is 85.0 cm³/mol. The molecule has 0 unspecified atom stereocenters. The van der Waals surface area contributed by atoms with E-state index in [0.717, 1.165) is 36.5 Å². The molecule has 0 radical (unpaired) electrons. The monoisotopic (exact) mass is 338 g/mol. The third kappa shape index (κ3) is 3.17. The highest BCUT2D eigenvalue weighted by atomic mass is 32.1. The molecule has 5 nitrogen and oxygen atoms in total. The molecule has 0 bridgehead atoms. The van der Waals surface area contributed by atoms with Crippen molar-refractivity contribution in [3.8, 4) is 0 Å². The van der Waals surface area contributed by atoms with Crippen LogP contribution in [0.1, 0.15) is 35.1 Å². The Morgan fingerprint density at radius 3 is 2.57 bits per heavy atom.